The number of thioether (sulfide) groups is 1. The number of nitrogens with two attached hydrogens (primary N) is 1. The summed E-state index contributed by atoms with van der Waals surface area (Å²) in [5.74, 6) is 0. The van der Waals surface area contributed by atoms with Crippen molar-refractivity contribution in [3.05, 3.63) is 41.1 Å². The van der Waals surface area contributed by atoms with Crippen LogP contribution >= 0.6 is 11.8 Å². The lowest BCUT2D eigenvalue weighted by atomic mass is 9.95. The molecule has 1 aromatic rings. The quantitative estimate of drug-likeness (QED) is 0.695. The molecule has 1 aliphatic heterocycles. The van der Waals surface area contributed by atoms with Crippen molar-refractivity contribution in [2.75, 3.05) is 0 Å². The first-order valence-electron chi connectivity index (χ1n) is 4.68. The van der Waals surface area contributed by atoms with Gasteiger partial charge in [-0.3, -0.25) is 5.73 Å². The van der Waals surface area contributed by atoms with Gasteiger partial charge in [0, 0.05) is 18.2 Å². The summed E-state index contributed by atoms with van der Waals surface area (Å²) in [7, 11) is 0. The summed E-state index contributed by atoms with van der Waals surface area (Å²) in [6.07, 6.45) is 2.12. The molecule has 1 aromatic carbocycles. The first-order valence-corrected chi connectivity index (χ1v) is 5.50. The smallest absolute Gasteiger partial charge is 0.278 e. The second kappa shape index (κ2) is 2.89. The molecular formula is C11H10N2S+. The first-order chi connectivity index (χ1) is 6.84. The number of rotatable bonds is 0. The van der Waals surface area contributed by atoms with Crippen LogP contribution in [0.1, 0.15) is 17.5 Å². The van der Waals surface area contributed by atoms with Crippen LogP contribution in [0.2, 0.25) is 0 Å². The van der Waals surface area contributed by atoms with Crippen molar-refractivity contribution < 1.29 is 0 Å². The third-order valence-electron chi connectivity index (χ3n) is 2.61. The number of amidine groups is 1. The molecule has 14 heavy (non-hydrogen) atoms. The van der Waals surface area contributed by atoms with Crippen LogP contribution in [0.15, 0.2) is 30.0 Å². The molecule has 2 N–H and O–H groups in total. The van der Waals surface area contributed by atoms with Crippen LogP contribution < -0.4 is 10.7 Å². The highest BCUT2D eigenvalue weighted by molar-refractivity contribution is 8.21. The van der Waals surface area contributed by atoms with Crippen LogP contribution in [-0.4, -0.2) is 5.17 Å². The second-order valence-electron chi connectivity index (χ2n) is 3.49. The number of hydrogen-bond acceptors (Lipinski definition) is 3. The maximum absolute atomic E-state index is 5.72. The molecule has 1 heterocycles. The van der Waals surface area contributed by atoms with Gasteiger partial charge in [-0.2, -0.15) is 0 Å². The molecule has 0 unspecified atom stereocenters. The standard InChI is InChI=1S/C11H10N2S/c12-11-13-9-6-5-7-3-1-2-4-8(7)10(9)14-11/h1-4H,5-6,12H2/q+1. The molecule has 1 aliphatic carbocycles. The lowest BCUT2D eigenvalue weighted by molar-refractivity contribution is 0.888. The minimum absolute atomic E-state index is 0.687. The second-order valence-corrected chi connectivity index (χ2v) is 4.52. The van der Waals surface area contributed by atoms with Crippen LogP contribution in [0, 0.1) is 0 Å². The van der Waals surface area contributed by atoms with E-state index in [-0.39, 0.29) is 0 Å². The molecule has 3 rings (SSSR count). The third kappa shape index (κ3) is 1.09. The van der Waals surface area contributed by atoms with Gasteiger partial charge in [-0.05, 0) is 22.5 Å². The van der Waals surface area contributed by atoms with Gasteiger partial charge in [-0.1, -0.05) is 24.3 Å². The van der Waals surface area contributed by atoms with E-state index >= 15 is 0 Å². The van der Waals surface area contributed by atoms with Gasteiger partial charge in [0.2, 0.25) is 0 Å². The summed E-state index contributed by atoms with van der Waals surface area (Å²) in [6, 6.07) is 8.51. The molecule has 3 heteroatoms. The Morgan fingerprint density at radius 2 is 2.07 bits per heavy atom. The van der Waals surface area contributed by atoms with Gasteiger partial charge in [0.15, 0.2) is 5.70 Å². The van der Waals surface area contributed by atoms with Gasteiger partial charge in [0.1, 0.15) is 0 Å². The van der Waals surface area contributed by atoms with Gasteiger partial charge in [0.25, 0.3) is 0 Å². The molecule has 0 spiro atoms. The van der Waals surface area contributed by atoms with Gasteiger partial charge in [-0.25, -0.2) is 0 Å². The highest BCUT2D eigenvalue weighted by Gasteiger charge is 2.30. The number of nitrogens with zero attached hydrogens (tertiary/aromatic N) is 1. The normalized spacial score (nSPS) is 19.0. The lowest BCUT2D eigenvalue weighted by Gasteiger charge is -2.13. The molecule has 0 aromatic heterocycles. The van der Waals surface area contributed by atoms with Crippen LogP contribution in [0.5, 0.6) is 0 Å². The van der Waals surface area contributed by atoms with Crippen molar-refractivity contribution in [2.45, 2.75) is 12.8 Å². The largest absolute Gasteiger partial charge is 0.355 e. The molecule has 1 radical (unpaired) electrons. The summed E-state index contributed by atoms with van der Waals surface area (Å²) in [5.41, 5.74) is 9.64. The zero-order valence-electron chi connectivity index (χ0n) is 7.66. The summed E-state index contributed by atoms with van der Waals surface area (Å²) in [4.78, 5) is 5.61. The molecule has 0 saturated heterocycles. The Hall–Kier alpha value is -1.22. The zero-order chi connectivity index (χ0) is 9.54. The van der Waals surface area contributed by atoms with Crippen molar-refractivity contribution in [1.82, 2.24) is 4.99 Å². The highest BCUT2D eigenvalue weighted by atomic mass is 32.2. The fourth-order valence-corrected chi connectivity index (χ4v) is 2.90. The molecule has 0 amide bonds. The topological polar surface area (TPSA) is 40.1 Å². The third-order valence-corrected chi connectivity index (χ3v) is 3.57. The van der Waals surface area contributed by atoms with Crippen LogP contribution in [0.25, 0.3) is 4.91 Å². The fraction of sp³-hybridized carbons (Fsp3) is 0.182. The summed E-state index contributed by atoms with van der Waals surface area (Å²) < 4.78 is 0. The Kier molecular flexibility index (Phi) is 1.67. The minimum atomic E-state index is 0.687. The predicted molar refractivity (Wildman–Crippen MR) is 60.6 cm³/mol. The van der Waals surface area contributed by atoms with E-state index in [9.17, 15) is 0 Å². The Bertz CT molecular complexity index is 460. The molecule has 2 aliphatic rings. The molecule has 0 fully saturated rings. The SMILES string of the molecule is NC1=[N+]C2=C(S1)c1ccccc1CC2. The number of allylic oxidation sites excluding steroid dienone is 1. The number of aliphatic imine (C=N–C) groups is 1. The maximum atomic E-state index is 5.72. The van der Waals surface area contributed by atoms with Gasteiger partial charge < -0.3 is 0 Å². The van der Waals surface area contributed by atoms with Crippen LogP contribution in [-0.2, 0) is 6.42 Å². The van der Waals surface area contributed by atoms with E-state index in [1.165, 1.54) is 21.7 Å². The summed E-state index contributed by atoms with van der Waals surface area (Å²) in [6.45, 7) is 0. The van der Waals surface area contributed by atoms with E-state index in [1.807, 2.05) is 0 Å². The van der Waals surface area contributed by atoms with Gasteiger partial charge in [0.05, 0.1) is 4.91 Å². The van der Waals surface area contributed by atoms with E-state index < -0.39 is 0 Å². The average Bonchev–Trinajstić information content (AvgIpc) is 2.59. The zero-order valence-corrected chi connectivity index (χ0v) is 8.47. The van der Waals surface area contributed by atoms with E-state index in [1.54, 1.807) is 11.8 Å². The number of benzene rings is 1. The Morgan fingerprint density at radius 1 is 1.21 bits per heavy atom. The van der Waals surface area contributed by atoms with Crippen molar-refractivity contribution in [3.63, 3.8) is 0 Å². The van der Waals surface area contributed by atoms with Crippen molar-refractivity contribution in [3.8, 4) is 0 Å². The molecule has 0 bridgehead atoms. The number of fused-ring (bicyclic) bond motifs is 2. The molecule has 69 valence electrons. The highest BCUT2D eigenvalue weighted by Crippen LogP contribution is 2.40. The monoisotopic (exact) mass is 202 g/mol. The molecular weight excluding hydrogens is 192 g/mol. The molecule has 0 saturated carbocycles. The van der Waals surface area contributed by atoms with Crippen molar-refractivity contribution in [1.29, 1.82) is 0 Å². The van der Waals surface area contributed by atoms with Crippen LogP contribution in [0.3, 0.4) is 0 Å². The fourth-order valence-electron chi connectivity index (χ4n) is 1.96. The van der Waals surface area contributed by atoms with Crippen LogP contribution in [0.4, 0.5) is 0 Å². The van der Waals surface area contributed by atoms with E-state index in [0.29, 0.717) is 5.17 Å². The van der Waals surface area contributed by atoms with E-state index in [4.69, 9.17) is 5.73 Å². The lowest BCUT2D eigenvalue weighted by Crippen LogP contribution is -2.09. The number of hydrogen-bond donors (Lipinski definition) is 1. The van der Waals surface area contributed by atoms with E-state index in [2.05, 4.69) is 29.3 Å². The Labute approximate surface area is 86.9 Å². The van der Waals surface area contributed by atoms with Crippen molar-refractivity contribution in [2.24, 2.45) is 5.73 Å². The van der Waals surface area contributed by atoms with Gasteiger partial charge >= 0.3 is 5.17 Å². The Morgan fingerprint density at radius 3 is 3.00 bits per heavy atom. The maximum Gasteiger partial charge on any atom is 0.355 e. The first kappa shape index (κ1) is 8.12. The predicted octanol–water partition coefficient (Wildman–Crippen LogP) is 1.70. The summed E-state index contributed by atoms with van der Waals surface area (Å²) in [5, 5.41) is 0.687. The number of aryl methyl sites for hydroxylation is 1. The average molecular weight is 202 g/mol. The van der Waals surface area contributed by atoms with Crippen molar-refractivity contribution >= 4 is 21.8 Å². The minimum Gasteiger partial charge on any atom is -0.278 e. The molecule has 0 atom stereocenters. The molecule has 2 nitrogen and oxygen atoms in total. The van der Waals surface area contributed by atoms with Gasteiger partial charge in [-0.15, -0.1) is 0 Å². The summed E-state index contributed by atoms with van der Waals surface area (Å²) >= 11 is 1.60. The Balaban J connectivity index is 2.15. The van der Waals surface area contributed by atoms with E-state index in [0.717, 1.165) is 12.8 Å².